The van der Waals surface area contributed by atoms with Gasteiger partial charge in [0.1, 0.15) is 12.3 Å². The summed E-state index contributed by atoms with van der Waals surface area (Å²) in [5.41, 5.74) is 0. The molecule has 15 heavy (non-hydrogen) atoms. The van der Waals surface area contributed by atoms with Crippen molar-refractivity contribution in [3.05, 3.63) is 0 Å². The predicted molar refractivity (Wildman–Crippen MR) is 53.8 cm³/mol. The van der Waals surface area contributed by atoms with Gasteiger partial charge in [0.05, 0.1) is 12.7 Å². The molecule has 1 aliphatic heterocycles. The topological polar surface area (TPSA) is 66.8 Å². The SMILES string of the molecule is CCCCC1OCCN(C(=O)O)C1C=O. The Hall–Kier alpha value is -1.10. The maximum Gasteiger partial charge on any atom is 0.408 e. The average molecular weight is 215 g/mol. The fraction of sp³-hybridized carbons (Fsp3) is 0.800. The number of carbonyl (C=O) groups is 2. The third-order valence-electron chi connectivity index (χ3n) is 2.63. The Balaban J connectivity index is 2.62. The largest absolute Gasteiger partial charge is 0.465 e. The molecule has 0 aromatic heterocycles. The lowest BCUT2D eigenvalue weighted by Gasteiger charge is -2.36. The Morgan fingerprint density at radius 3 is 2.93 bits per heavy atom. The number of hydrogen-bond acceptors (Lipinski definition) is 3. The highest BCUT2D eigenvalue weighted by Gasteiger charge is 2.34. The molecule has 0 aromatic rings. The molecule has 1 rings (SSSR count). The second-order valence-electron chi connectivity index (χ2n) is 3.65. The van der Waals surface area contributed by atoms with Gasteiger partial charge in [-0.05, 0) is 6.42 Å². The number of rotatable bonds is 4. The molecule has 1 amide bonds. The maximum absolute atomic E-state index is 10.9. The Labute approximate surface area is 89.0 Å². The summed E-state index contributed by atoms with van der Waals surface area (Å²) in [6, 6.07) is -0.636. The van der Waals surface area contributed by atoms with Gasteiger partial charge < -0.3 is 14.6 Å². The summed E-state index contributed by atoms with van der Waals surface area (Å²) in [5, 5.41) is 8.89. The molecule has 1 heterocycles. The standard InChI is InChI=1S/C10H17NO4/c1-2-3-4-9-8(7-12)11(10(13)14)5-6-15-9/h7-9H,2-6H2,1H3,(H,13,14). The number of ether oxygens (including phenoxy) is 1. The quantitative estimate of drug-likeness (QED) is 0.714. The zero-order valence-electron chi connectivity index (χ0n) is 8.89. The lowest BCUT2D eigenvalue weighted by molar-refractivity contribution is -0.124. The number of morpholine rings is 1. The molecule has 0 spiro atoms. The van der Waals surface area contributed by atoms with Crippen molar-refractivity contribution < 1.29 is 19.4 Å². The summed E-state index contributed by atoms with van der Waals surface area (Å²) < 4.78 is 5.43. The molecule has 0 aromatic carbocycles. The van der Waals surface area contributed by atoms with Crippen molar-refractivity contribution in [2.75, 3.05) is 13.2 Å². The molecule has 2 atom stereocenters. The van der Waals surface area contributed by atoms with Crippen LogP contribution in [-0.2, 0) is 9.53 Å². The molecule has 86 valence electrons. The normalized spacial score (nSPS) is 26.3. The number of aldehydes is 1. The average Bonchev–Trinajstić information content (AvgIpc) is 2.25. The van der Waals surface area contributed by atoms with E-state index in [-0.39, 0.29) is 12.6 Å². The van der Waals surface area contributed by atoms with Gasteiger partial charge in [-0.1, -0.05) is 19.8 Å². The zero-order valence-corrected chi connectivity index (χ0v) is 8.89. The van der Waals surface area contributed by atoms with E-state index < -0.39 is 12.1 Å². The van der Waals surface area contributed by atoms with Crippen LogP contribution in [0.1, 0.15) is 26.2 Å². The van der Waals surface area contributed by atoms with E-state index >= 15 is 0 Å². The van der Waals surface area contributed by atoms with Gasteiger partial charge in [-0.15, -0.1) is 0 Å². The molecule has 0 saturated carbocycles. The molecular formula is C10H17NO4. The van der Waals surface area contributed by atoms with Crippen LogP contribution in [0.5, 0.6) is 0 Å². The summed E-state index contributed by atoms with van der Waals surface area (Å²) in [7, 11) is 0. The fourth-order valence-electron chi connectivity index (χ4n) is 1.79. The van der Waals surface area contributed by atoms with Crippen LogP contribution < -0.4 is 0 Å². The van der Waals surface area contributed by atoms with E-state index in [1.165, 1.54) is 0 Å². The predicted octanol–water partition coefficient (Wildman–Crippen LogP) is 1.12. The lowest BCUT2D eigenvalue weighted by Crippen LogP contribution is -2.54. The Bertz CT molecular complexity index is 231. The first-order chi connectivity index (χ1) is 7.20. The number of amides is 1. The van der Waals surface area contributed by atoms with Crippen molar-refractivity contribution in [1.82, 2.24) is 4.90 Å². The Morgan fingerprint density at radius 2 is 2.40 bits per heavy atom. The lowest BCUT2D eigenvalue weighted by atomic mass is 10.0. The second kappa shape index (κ2) is 5.70. The minimum absolute atomic E-state index is 0.271. The van der Waals surface area contributed by atoms with E-state index in [0.29, 0.717) is 12.9 Å². The molecule has 0 aliphatic carbocycles. The van der Waals surface area contributed by atoms with Crippen molar-refractivity contribution in [3.8, 4) is 0 Å². The molecule has 1 N–H and O–H groups in total. The van der Waals surface area contributed by atoms with Crippen molar-refractivity contribution in [2.24, 2.45) is 0 Å². The van der Waals surface area contributed by atoms with Crippen molar-refractivity contribution in [2.45, 2.75) is 38.3 Å². The molecular weight excluding hydrogens is 198 g/mol. The van der Waals surface area contributed by atoms with Crippen LogP contribution in [0.2, 0.25) is 0 Å². The molecule has 0 bridgehead atoms. The first-order valence-corrected chi connectivity index (χ1v) is 5.27. The Morgan fingerprint density at radius 1 is 1.67 bits per heavy atom. The van der Waals surface area contributed by atoms with Crippen LogP contribution in [0.15, 0.2) is 0 Å². The highest BCUT2D eigenvalue weighted by Crippen LogP contribution is 2.17. The Kier molecular flexibility index (Phi) is 4.55. The van der Waals surface area contributed by atoms with Crippen molar-refractivity contribution >= 4 is 12.4 Å². The van der Waals surface area contributed by atoms with E-state index in [4.69, 9.17) is 9.84 Å². The molecule has 1 fully saturated rings. The van der Waals surface area contributed by atoms with Crippen LogP contribution in [0, 0.1) is 0 Å². The fourth-order valence-corrected chi connectivity index (χ4v) is 1.79. The summed E-state index contributed by atoms with van der Waals surface area (Å²) >= 11 is 0. The van der Waals surface area contributed by atoms with Gasteiger partial charge in [-0.2, -0.15) is 0 Å². The van der Waals surface area contributed by atoms with Crippen LogP contribution in [0.3, 0.4) is 0 Å². The van der Waals surface area contributed by atoms with E-state index in [9.17, 15) is 9.59 Å². The molecule has 5 heteroatoms. The first kappa shape index (κ1) is 12.0. The van der Waals surface area contributed by atoms with Crippen LogP contribution in [-0.4, -0.2) is 47.7 Å². The zero-order chi connectivity index (χ0) is 11.3. The summed E-state index contributed by atoms with van der Waals surface area (Å²) in [6.45, 7) is 2.71. The number of hydrogen-bond donors (Lipinski definition) is 1. The highest BCUT2D eigenvalue weighted by atomic mass is 16.5. The number of nitrogens with zero attached hydrogens (tertiary/aromatic N) is 1. The summed E-state index contributed by atoms with van der Waals surface area (Å²) in [6.07, 6.45) is 2.06. The molecule has 0 radical (unpaired) electrons. The second-order valence-corrected chi connectivity index (χ2v) is 3.65. The molecule has 2 unspecified atom stereocenters. The van der Waals surface area contributed by atoms with Crippen molar-refractivity contribution in [3.63, 3.8) is 0 Å². The minimum atomic E-state index is -1.04. The van der Waals surface area contributed by atoms with E-state index in [0.717, 1.165) is 24.2 Å². The van der Waals surface area contributed by atoms with Gasteiger partial charge in [0.15, 0.2) is 0 Å². The van der Waals surface area contributed by atoms with Crippen LogP contribution >= 0.6 is 0 Å². The maximum atomic E-state index is 10.9. The smallest absolute Gasteiger partial charge is 0.408 e. The number of carbonyl (C=O) groups excluding carboxylic acids is 1. The molecule has 1 aliphatic rings. The third-order valence-corrected chi connectivity index (χ3v) is 2.63. The first-order valence-electron chi connectivity index (χ1n) is 5.27. The van der Waals surface area contributed by atoms with E-state index in [2.05, 4.69) is 0 Å². The van der Waals surface area contributed by atoms with Gasteiger partial charge >= 0.3 is 6.09 Å². The summed E-state index contributed by atoms with van der Waals surface area (Å²) in [5.74, 6) is 0. The molecule has 1 saturated heterocycles. The van der Waals surface area contributed by atoms with Gasteiger partial charge in [0.2, 0.25) is 0 Å². The van der Waals surface area contributed by atoms with E-state index in [1.54, 1.807) is 0 Å². The van der Waals surface area contributed by atoms with Crippen LogP contribution in [0.25, 0.3) is 0 Å². The van der Waals surface area contributed by atoms with Gasteiger partial charge in [-0.3, -0.25) is 4.90 Å². The minimum Gasteiger partial charge on any atom is -0.465 e. The third kappa shape index (κ3) is 2.92. The number of carboxylic acid groups (broad SMARTS) is 1. The van der Waals surface area contributed by atoms with E-state index in [1.807, 2.05) is 6.92 Å². The number of unbranched alkanes of at least 4 members (excludes halogenated alkanes) is 1. The summed E-state index contributed by atoms with van der Waals surface area (Å²) in [4.78, 5) is 22.9. The van der Waals surface area contributed by atoms with Crippen molar-refractivity contribution in [1.29, 1.82) is 0 Å². The monoisotopic (exact) mass is 215 g/mol. The van der Waals surface area contributed by atoms with Crippen LogP contribution in [0.4, 0.5) is 4.79 Å². The van der Waals surface area contributed by atoms with Gasteiger partial charge in [0.25, 0.3) is 0 Å². The van der Waals surface area contributed by atoms with Gasteiger partial charge in [0, 0.05) is 6.54 Å². The van der Waals surface area contributed by atoms with Gasteiger partial charge in [-0.25, -0.2) is 4.79 Å². The molecule has 5 nitrogen and oxygen atoms in total. The highest BCUT2D eigenvalue weighted by molar-refractivity contribution is 5.72.